The van der Waals surface area contributed by atoms with Gasteiger partial charge in [0.25, 0.3) is 0 Å². The summed E-state index contributed by atoms with van der Waals surface area (Å²) in [6, 6.07) is 37.5. The summed E-state index contributed by atoms with van der Waals surface area (Å²) >= 11 is 1.67. The Kier molecular flexibility index (Phi) is 4.42. The Labute approximate surface area is 221 Å². The van der Waals surface area contributed by atoms with Gasteiger partial charge in [0.2, 0.25) is 0 Å². The third kappa shape index (κ3) is 3.02. The van der Waals surface area contributed by atoms with Gasteiger partial charge in [0.15, 0.2) is 11.5 Å². The van der Waals surface area contributed by atoms with E-state index >= 15 is 0 Å². The zero-order valence-electron chi connectivity index (χ0n) is 20.1. The van der Waals surface area contributed by atoms with E-state index in [1.807, 2.05) is 30.3 Å². The highest BCUT2D eigenvalue weighted by Gasteiger charge is 2.21. The highest BCUT2D eigenvalue weighted by Crippen LogP contribution is 2.40. The molecule has 3 aromatic heterocycles. The summed E-state index contributed by atoms with van der Waals surface area (Å²) in [5, 5.41) is 5.87. The van der Waals surface area contributed by atoms with Crippen molar-refractivity contribution in [3.63, 3.8) is 0 Å². The Bertz CT molecular complexity index is 2250. The molecule has 0 bridgehead atoms. The van der Waals surface area contributed by atoms with Crippen molar-refractivity contribution in [3.8, 4) is 17.1 Å². The third-order valence-electron chi connectivity index (χ3n) is 7.22. The fourth-order valence-electron chi connectivity index (χ4n) is 5.44. The average molecular weight is 503 g/mol. The van der Waals surface area contributed by atoms with Crippen molar-refractivity contribution in [2.45, 2.75) is 0 Å². The number of para-hydroxylation sites is 1. The summed E-state index contributed by atoms with van der Waals surface area (Å²) in [5.41, 5.74) is 5.43. The van der Waals surface area contributed by atoms with E-state index < -0.39 is 0 Å². The second-order valence-electron chi connectivity index (χ2n) is 9.38. The van der Waals surface area contributed by atoms with Gasteiger partial charge in [-0.2, -0.15) is 0 Å². The van der Waals surface area contributed by atoms with Crippen LogP contribution >= 0.6 is 11.3 Å². The summed E-state index contributed by atoms with van der Waals surface area (Å²) in [5.74, 6) is 0.793. The summed E-state index contributed by atoms with van der Waals surface area (Å²) < 4.78 is 3.42. The minimum Gasteiger partial charge on any atom is -0.292 e. The van der Waals surface area contributed by atoms with Gasteiger partial charge in [0.1, 0.15) is 16.0 Å². The summed E-state index contributed by atoms with van der Waals surface area (Å²) in [6.45, 7) is 7.39. The van der Waals surface area contributed by atoms with Crippen molar-refractivity contribution in [2.75, 3.05) is 0 Å². The van der Waals surface area contributed by atoms with Crippen LogP contribution in [0.4, 0.5) is 5.69 Å². The first-order valence-corrected chi connectivity index (χ1v) is 13.2. The van der Waals surface area contributed by atoms with Gasteiger partial charge in [-0.15, -0.1) is 11.3 Å². The van der Waals surface area contributed by atoms with Crippen LogP contribution in [0.25, 0.3) is 74.9 Å². The predicted molar refractivity (Wildman–Crippen MR) is 158 cm³/mol. The van der Waals surface area contributed by atoms with E-state index in [4.69, 9.17) is 16.5 Å². The van der Waals surface area contributed by atoms with Crippen LogP contribution in [0.15, 0.2) is 109 Å². The van der Waals surface area contributed by atoms with Crippen LogP contribution < -0.4 is 0 Å². The van der Waals surface area contributed by atoms with E-state index in [0.29, 0.717) is 5.69 Å². The first-order chi connectivity index (χ1) is 18.8. The van der Waals surface area contributed by atoms with Crippen LogP contribution in [0, 0.1) is 6.57 Å². The molecule has 0 saturated carbocycles. The Morgan fingerprint density at radius 2 is 1.37 bits per heavy atom. The van der Waals surface area contributed by atoms with Gasteiger partial charge in [-0.25, -0.2) is 14.8 Å². The van der Waals surface area contributed by atoms with Crippen LogP contribution in [0.2, 0.25) is 0 Å². The quantitative estimate of drug-likeness (QED) is 0.221. The number of rotatable bonds is 2. The Balaban J connectivity index is 1.55. The van der Waals surface area contributed by atoms with Crippen LogP contribution in [-0.4, -0.2) is 14.5 Å². The second-order valence-corrected chi connectivity index (χ2v) is 10.4. The lowest BCUT2D eigenvalue weighted by Crippen LogP contribution is -2.02. The molecule has 0 atom stereocenters. The maximum Gasteiger partial charge on any atom is 0.187 e. The molecule has 3 heterocycles. The van der Waals surface area contributed by atoms with Crippen LogP contribution in [0.3, 0.4) is 0 Å². The molecule has 8 aromatic rings. The maximum absolute atomic E-state index is 7.39. The molecule has 0 N–H and O–H groups in total. The van der Waals surface area contributed by atoms with Crippen molar-refractivity contribution in [3.05, 3.63) is 121 Å². The van der Waals surface area contributed by atoms with E-state index in [2.05, 4.69) is 88.3 Å². The Morgan fingerprint density at radius 3 is 2.18 bits per heavy atom. The second kappa shape index (κ2) is 7.97. The first-order valence-electron chi connectivity index (χ1n) is 12.4. The van der Waals surface area contributed by atoms with Crippen molar-refractivity contribution in [1.29, 1.82) is 0 Å². The third-order valence-corrected chi connectivity index (χ3v) is 8.27. The van der Waals surface area contributed by atoms with Gasteiger partial charge in [0.05, 0.1) is 17.6 Å². The monoisotopic (exact) mass is 502 g/mol. The molecule has 8 rings (SSSR count). The van der Waals surface area contributed by atoms with E-state index in [9.17, 15) is 0 Å². The minimum absolute atomic E-state index is 0.605. The molecule has 5 heteroatoms. The van der Waals surface area contributed by atoms with Gasteiger partial charge in [-0.05, 0) is 35.0 Å². The van der Waals surface area contributed by atoms with Gasteiger partial charge in [0, 0.05) is 26.4 Å². The van der Waals surface area contributed by atoms with Crippen molar-refractivity contribution in [1.82, 2.24) is 14.5 Å². The summed E-state index contributed by atoms with van der Waals surface area (Å²) in [7, 11) is 0. The maximum atomic E-state index is 7.39. The molecule has 176 valence electrons. The highest BCUT2D eigenvalue weighted by atomic mass is 32.1. The Hall–Kier alpha value is -5.05. The van der Waals surface area contributed by atoms with Crippen molar-refractivity contribution < 1.29 is 0 Å². The fourth-order valence-corrected chi connectivity index (χ4v) is 6.45. The fraction of sp³-hybridized carbons (Fsp3) is 0. The zero-order valence-corrected chi connectivity index (χ0v) is 20.9. The smallest absolute Gasteiger partial charge is 0.187 e. The summed E-state index contributed by atoms with van der Waals surface area (Å²) in [6.07, 6.45) is 0. The van der Waals surface area contributed by atoms with Gasteiger partial charge in [-0.1, -0.05) is 84.9 Å². The first kappa shape index (κ1) is 21.1. The standard InChI is InChI=1S/C33H18N4S/c1-34-23-16-14-20(15-17-23)30-32(36-33-31(35-30)25-11-5-7-13-29(25)38-33)37-27-12-6-4-10-24(27)26-18-21-8-2-3-9-22(21)19-28(26)37/h2-19H. The Morgan fingerprint density at radius 1 is 0.658 bits per heavy atom. The van der Waals surface area contributed by atoms with Crippen LogP contribution in [0.5, 0.6) is 0 Å². The van der Waals surface area contributed by atoms with Crippen molar-refractivity contribution in [2.24, 2.45) is 0 Å². The SMILES string of the molecule is [C-]#[N+]c1ccc(-c2nc3c(nc2-n2c4ccccc4c4cc5ccccc5cc42)sc2ccccc23)cc1. The molecule has 0 radical (unpaired) electrons. The largest absolute Gasteiger partial charge is 0.292 e. The highest BCUT2D eigenvalue weighted by molar-refractivity contribution is 7.25. The zero-order chi connectivity index (χ0) is 25.2. The van der Waals surface area contributed by atoms with Gasteiger partial charge in [-0.3, -0.25) is 4.57 Å². The molecular weight excluding hydrogens is 484 g/mol. The number of nitrogens with zero attached hydrogens (tertiary/aromatic N) is 4. The molecule has 0 spiro atoms. The number of benzene rings is 5. The van der Waals surface area contributed by atoms with E-state index in [-0.39, 0.29) is 0 Å². The number of aromatic nitrogens is 3. The summed E-state index contributed by atoms with van der Waals surface area (Å²) in [4.78, 5) is 15.1. The minimum atomic E-state index is 0.605. The lowest BCUT2D eigenvalue weighted by molar-refractivity contribution is 1.09. The number of fused-ring (bicyclic) bond motifs is 7. The molecule has 0 unspecified atom stereocenters. The molecule has 0 fully saturated rings. The molecule has 4 nitrogen and oxygen atoms in total. The van der Waals surface area contributed by atoms with Crippen LogP contribution in [-0.2, 0) is 0 Å². The molecule has 0 aliphatic heterocycles. The molecular formula is C33H18N4S. The number of hydrogen-bond acceptors (Lipinski definition) is 3. The molecule has 0 amide bonds. The predicted octanol–water partition coefficient (Wildman–Crippen LogP) is 9.31. The molecule has 5 aromatic carbocycles. The number of hydrogen-bond donors (Lipinski definition) is 0. The topological polar surface area (TPSA) is 35.1 Å². The molecule has 0 saturated heterocycles. The average Bonchev–Trinajstić information content (AvgIpc) is 3.50. The molecule has 0 aliphatic carbocycles. The van der Waals surface area contributed by atoms with Gasteiger partial charge < -0.3 is 0 Å². The van der Waals surface area contributed by atoms with Crippen LogP contribution in [0.1, 0.15) is 0 Å². The van der Waals surface area contributed by atoms with E-state index in [0.717, 1.165) is 43.8 Å². The van der Waals surface area contributed by atoms with E-state index in [1.165, 1.54) is 26.2 Å². The normalized spacial score (nSPS) is 11.7. The van der Waals surface area contributed by atoms with Crippen molar-refractivity contribution >= 4 is 70.0 Å². The molecule has 38 heavy (non-hydrogen) atoms. The van der Waals surface area contributed by atoms with E-state index in [1.54, 1.807) is 11.3 Å². The van der Waals surface area contributed by atoms with Gasteiger partial charge >= 0.3 is 0 Å². The molecule has 0 aliphatic rings. The lowest BCUT2D eigenvalue weighted by Gasteiger charge is -2.13. The number of thiophene rings is 1. The lowest BCUT2D eigenvalue weighted by atomic mass is 10.1.